The van der Waals surface area contributed by atoms with Gasteiger partial charge in [0.05, 0.1) is 5.39 Å². The molecule has 2 aromatic rings. The van der Waals surface area contributed by atoms with E-state index in [2.05, 4.69) is 24.0 Å². The molecule has 3 rings (SSSR count). The fourth-order valence-corrected chi connectivity index (χ4v) is 3.33. The molecule has 1 aromatic heterocycles. The number of rotatable bonds is 3. The molecule has 1 fully saturated rings. The molecule has 0 aliphatic carbocycles. The van der Waals surface area contributed by atoms with Crippen LogP contribution in [-0.2, 0) is 6.54 Å². The molecule has 6 nitrogen and oxygen atoms in total. The Hall–Kier alpha value is -2.21. The van der Waals surface area contributed by atoms with E-state index in [9.17, 15) is 9.59 Å². The lowest BCUT2D eigenvalue weighted by molar-refractivity contribution is 0.0527. The van der Waals surface area contributed by atoms with Crippen molar-refractivity contribution in [3.63, 3.8) is 0 Å². The molecule has 1 aliphatic heterocycles. The van der Waals surface area contributed by atoms with Crippen LogP contribution >= 0.6 is 0 Å². The molecular weight excluding hydrogens is 304 g/mol. The van der Waals surface area contributed by atoms with Gasteiger partial charge in [0.2, 0.25) is 0 Å². The number of likely N-dealkylation sites (N-methyl/N-ethyl adjacent to an activating group) is 1. The molecule has 0 N–H and O–H groups in total. The fraction of sp³-hybridized carbons (Fsp3) is 0.500. The molecule has 1 saturated heterocycles. The van der Waals surface area contributed by atoms with E-state index in [1.54, 1.807) is 6.07 Å². The number of benzene rings is 1. The summed E-state index contributed by atoms with van der Waals surface area (Å²) in [6.07, 6.45) is 0.795. The zero-order valence-electron chi connectivity index (χ0n) is 14.5. The average Bonchev–Trinajstić information content (AvgIpc) is 2.57. The smallest absolute Gasteiger partial charge is 0.275 e. The first-order valence-corrected chi connectivity index (χ1v) is 8.52. The molecule has 1 amide bonds. The van der Waals surface area contributed by atoms with Gasteiger partial charge in [-0.15, -0.1) is 0 Å². The lowest BCUT2D eigenvalue weighted by atomic mass is 10.1. The minimum absolute atomic E-state index is 0.0864. The summed E-state index contributed by atoms with van der Waals surface area (Å²) in [5.41, 5.74) is 0.255. The lowest BCUT2D eigenvalue weighted by Crippen LogP contribution is -2.53. The third-order valence-corrected chi connectivity index (χ3v) is 4.60. The highest BCUT2D eigenvalue weighted by atomic mass is 16.2. The van der Waals surface area contributed by atoms with Gasteiger partial charge in [0.15, 0.2) is 5.69 Å². The largest absolute Gasteiger partial charge is 0.332 e. The van der Waals surface area contributed by atoms with Crippen molar-refractivity contribution in [3.8, 4) is 0 Å². The average molecular weight is 328 g/mol. The Morgan fingerprint density at radius 3 is 2.62 bits per heavy atom. The van der Waals surface area contributed by atoms with Gasteiger partial charge >= 0.3 is 0 Å². The third-order valence-electron chi connectivity index (χ3n) is 4.60. The Morgan fingerprint density at radius 2 is 1.96 bits per heavy atom. The number of hydrogen-bond donors (Lipinski definition) is 0. The van der Waals surface area contributed by atoms with Crippen molar-refractivity contribution in [2.45, 2.75) is 32.9 Å². The lowest BCUT2D eigenvalue weighted by Gasteiger charge is -2.38. The van der Waals surface area contributed by atoms with Gasteiger partial charge < -0.3 is 9.80 Å². The summed E-state index contributed by atoms with van der Waals surface area (Å²) in [6.45, 7) is 6.94. The zero-order chi connectivity index (χ0) is 17.3. The second-order valence-electron chi connectivity index (χ2n) is 6.53. The van der Waals surface area contributed by atoms with Gasteiger partial charge in [0.1, 0.15) is 0 Å². The van der Waals surface area contributed by atoms with Crippen molar-refractivity contribution in [2.75, 3.05) is 26.7 Å². The van der Waals surface area contributed by atoms with Crippen LogP contribution < -0.4 is 5.56 Å². The second-order valence-corrected chi connectivity index (χ2v) is 6.53. The van der Waals surface area contributed by atoms with Gasteiger partial charge in [0, 0.05) is 37.6 Å². The van der Waals surface area contributed by atoms with E-state index >= 15 is 0 Å². The number of fused-ring (bicyclic) bond motifs is 1. The highest BCUT2D eigenvalue weighted by Gasteiger charge is 2.29. The summed E-state index contributed by atoms with van der Waals surface area (Å²) in [5, 5.41) is 5.62. The van der Waals surface area contributed by atoms with E-state index in [1.165, 1.54) is 4.68 Å². The molecule has 0 radical (unpaired) electrons. The number of aromatic nitrogens is 2. The van der Waals surface area contributed by atoms with E-state index in [1.807, 2.05) is 30.0 Å². The highest BCUT2D eigenvalue weighted by Crippen LogP contribution is 2.18. The number of nitrogens with zero attached hydrogens (tertiary/aromatic N) is 4. The van der Waals surface area contributed by atoms with Crippen LogP contribution in [-0.4, -0.2) is 58.2 Å². The highest BCUT2D eigenvalue weighted by molar-refractivity contribution is 6.04. The third kappa shape index (κ3) is 2.94. The first kappa shape index (κ1) is 16.6. The maximum absolute atomic E-state index is 13.1. The van der Waals surface area contributed by atoms with Crippen LogP contribution in [0.3, 0.4) is 0 Å². The van der Waals surface area contributed by atoms with Gasteiger partial charge in [-0.05, 0) is 26.5 Å². The first-order chi connectivity index (χ1) is 11.5. The van der Waals surface area contributed by atoms with Crippen LogP contribution in [0.25, 0.3) is 10.8 Å². The predicted octanol–water partition coefficient (Wildman–Crippen LogP) is 1.58. The monoisotopic (exact) mass is 328 g/mol. The molecule has 1 aliphatic rings. The van der Waals surface area contributed by atoms with Crippen molar-refractivity contribution in [3.05, 3.63) is 40.3 Å². The first-order valence-electron chi connectivity index (χ1n) is 8.52. The Balaban J connectivity index is 2.09. The number of amides is 1. The van der Waals surface area contributed by atoms with Crippen molar-refractivity contribution in [1.82, 2.24) is 19.6 Å². The molecule has 24 heavy (non-hydrogen) atoms. The molecule has 1 atom stereocenters. The predicted molar refractivity (Wildman–Crippen MR) is 94.3 cm³/mol. The summed E-state index contributed by atoms with van der Waals surface area (Å²) < 4.78 is 1.43. The van der Waals surface area contributed by atoms with Crippen LogP contribution in [0.1, 0.15) is 30.8 Å². The minimum Gasteiger partial charge on any atom is -0.332 e. The SMILES string of the molecule is CCCn1nc(C(=O)N2CCN(C)CC2C)c2ccccc2c1=O. The maximum Gasteiger partial charge on any atom is 0.275 e. The van der Waals surface area contributed by atoms with Crippen LogP contribution in [0.15, 0.2) is 29.1 Å². The number of carbonyl (C=O) groups excluding carboxylic acids is 1. The van der Waals surface area contributed by atoms with Crippen molar-refractivity contribution in [2.24, 2.45) is 0 Å². The van der Waals surface area contributed by atoms with Gasteiger partial charge in [-0.3, -0.25) is 9.59 Å². The van der Waals surface area contributed by atoms with Crippen LogP contribution in [0.4, 0.5) is 0 Å². The van der Waals surface area contributed by atoms with Crippen molar-refractivity contribution >= 4 is 16.7 Å². The molecule has 1 unspecified atom stereocenters. The molecule has 1 aromatic carbocycles. The van der Waals surface area contributed by atoms with Gasteiger partial charge in [-0.2, -0.15) is 5.10 Å². The van der Waals surface area contributed by atoms with Crippen LogP contribution in [0, 0.1) is 0 Å². The summed E-state index contributed by atoms with van der Waals surface area (Å²) in [5.74, 6) is -0.0864. The molecule has 128 valence electrons. The number of carbonyl (C=O) groups is 1. The number of aryl methyl sites for hydroxylation is 1. The zero-order valence-corrected chi connectivity index (χ0v) is 14.5. The normalized spacial score (nSPS) is 19.0. The summed E-state index contributed by atoms with van der Waals surface area (Å²) in [4.78, 5) is 29.8. The van der Waals surface area contributed by atoms with Crippen LogP contribution in [0.2, 0.25) is 0 Å². The molecular formula is C18H24N4O2. The molecule has 0 bridgehead atoms. The van der Waals surface area contributed by atoms with Crippen LogP contribution in [0.5, 0.6) is 0 Å². The van der Waals surface area contributed by atoms with Gasteiger partial charge in [-0.1, -0.05) is 25.1 Å². The Kier molecular flexibility index (Phi) is 4.66. The van der Waals surface area contributed by atoms with E-state index in [-0.39, 0.29) is 17.5 Å². The van der Waals surface area contributed by atoms with E-state index < -0.39 is 0 Å². The number of hydrogen-bond acceptors (Lipinski definition) is 4. The van der Waals surface area contributed by atoms with E-state index in [0.717, 1.165) is 19.5 Å². The molecule has 0 saturated carbocycles. The second kappa shape index (κ2) is 6.73. The topological polar surface area (TPSA) is 58.4 Å². The summed E-state index contributed by atoms with van der Waals surface area (Å²) in [6, 6.07) is 7.39. The quantitative estimate of drug-likeness (QED) is 0.858. The van der Waals surface area contributed by atoms with E-state index in [0.29, 0.717) is 29.6 Å². The summed E-state index contributed by atoms with van der Waals surface area (Å²) in [7, 11) is 2.06. The Labute approximate surface area is 141 Å². The standard InChI is InChI=1S/C18H24N4O2/c1-4-9-22-17(23)15-8-6-5-7-14(15)16(19-22)18(24)21-11-10-20(3)12-13(21)2/h5-8,13H,4,9-12H2,1-3H3. The number of piperazine rings is 1. The molecule has 2 heterocycles. The Morgan fingerprint density at radius 1 is 1.25 bits per heavy atom. The minimum atomic E-state index is -0.129. The maximum atomic E-state index is 13.1. The van der Waals surface area contributed by atoms with Crippen molar-refractivity contribution < 1.29 is 4.79 Å². The molecule has 6 heteroatoms. The summed E-state index contributed by atoms with van der Waals surface area (Å²) >= 11 is 0. The molecule has 0 spiro atoms. The Bertz CT molecular complexity index is 814. The fourth-order valence-electron chi connectivity index (χ4n) is 3.33. The van der Waals surface area contributed by atoms with Gasteiger partial charge in [0.25, 0.3) is 11.5 Å². The van der Waals surface area contributed by atoms with E-state index in [4.69, 9.17) is 0 Å². The van der Waals surface area contributed by atoms with Gasteiger partial charge in [-0.25, -0.2) is 4.68 Å². The van der Waals surface area contributed by atoms with Crippen molar-refractivity contribution in [1.29, 1.82) is 0 Å².